The number of hydrogen-bond donors (Lipinski definition) is 2. The summed E-state index contributed by atoms with van der Waals surface area (Å²) in [7, 11) is -2.60. The van der Waals surface area contributed by atoms with Gasteiger partial charge >= 0.3 is 0 Å². The Morgan fingerprint density at radius 1 is 0.762 bits per heavy atom. The van der Waals surface area contributed by atoms with Crippen LogP contribution in [0.5, 0.6) is 0 Å². The third-order valence-electron chi connectivity index (χ3n) is 3.66. The number of benzene rings is 2. The molecule has 0 unspecified atom stereocenters. The van der Waals surface area contributed by atoms with E-state index in [1.807, 2.05) is 48.5 Å². The molecule has 2 aromatic rings. The van der Waals surface area contributed by atoms with Crippen molar-refractivity contribution in [2.24, 2.45) is 0 Å². The van der Waals surface area contributed by atoms with Crippen molar-refractivity contribution in [3.05, 3.63) is 59.7 Å². The Morgan fingerprint density at radius 2 is 1.10 bits per heavy atom. The fourth-order valence-electron chi connectivity index (χ4n) is 2.30. The van der Waals surface area contributed by atoms with Gasteiger partial charge in [-0.05, 0) is 30.6 Å². The largest absolute Gasteiger partial charge is 0.396 e. The molecule has 2 N–H and O–H groups in total. The van der Waals surface area contributed by atoms with Crippen LogP contribution in [0.15, 0.2) is 48.5 Å². The summed E-state index contributed by atoms with van der Waals surface area (Å²) in [6, 6.07) is 15.2. The van der Waals surface area contributed by atoms with E-state index in [1.165, 1.54) is 0 Å². The maximum absolute atomic E-state index is 13.1. The SMILES string of the molecule is CP(=O)(c1ccc(CCO)cc1)c1ccc(CCO)cc1. The van der Waals surface area contributed by atoms with Crippen molar-refractivity contribution >= 4 is 17.8 Å². The van der Waals surface area contributed by atoms with Crippen molar-refractivity contribution in [1.82, 2.24) is 0 Å². The summed E-state index contributed by atoms with van der Waals surface area (Å²) in [5, 5.41) is 19.5. The van der Waals surface area contributed by atoms with Crippen LogP contribution in [0.4, 0.5) is 0 Å². The van der Waals surface area contributed by atoms with E-state index in [4.69, 9.17) is 10.2 Å². The first kappa shape index (κ1) is 16.0. The minimum Gasteiger partial charge on any atom is -0.396 e. The van der Waals surface area contributed by atoms with Crippen molar-refractivity contribution in [2.75, 3.05) is 19.9 Å². The molecule has 0 aromatic heterocycles. The van der Waals surface area contributed by atoms with Crippen LogP contribution >= 0.6 is 7.14 Å². The molecule has 0 bridgehead atoms. The van der Waals surface area contributed by atoms with Crippen LogP contribution in [0.1, 0.15) is 11.1 Å². The van der Waals surface area contributed by atoms with E-state index in [1.54, 1.807) is 6.66 Å². The lowest BCUT2D eigenvalue weighted by atomic mass is 10.2. The predicted molar refractivity (Wildman–Crippen MR) is 87.3 cm³/mol. The van der Waals surface area contributed by atoms with Crippen LogP contribution in [0.2, 0.25) is 0 Å². The van der Waals surface area contributed by atoms with Crippen molar-refractivity contribution in [3.8, 4) is 0 Å². The molecule has 2 aromatic carbocycles. The van der Waals surface area contributed by atoms with E-state index in [0.717, 1.165) is 21.7 Å². The topological polar surface area (TPSA) is 57.5 Å². The summed E-state index contributed by atoms with van der Waals surface area (Å²) < 4.78 is 13.1. The van der Waals surface area contributed by atoms with Crippen LogP contribution in [0, 0.1) is 0 Å². The lowest BCUT2D eigenvalue weighted by Gasteiger charge is -2.15. The summed E-state index contributed by atoms with van der Waals surface area (Å²) in [6.45, 7) is 2.01. The van der Waals surface area contributed by atoms with E-state index in [-0.39, 0.29) is 13.2 Å². The Morgan fingerprint density at radius 3 is 1.38 bits per heavy atom. The maximum Gasteiger partial charge on any atom is 0.140 e. The summed E-state index contributed by atoms with van der Waals surface area (Å²) >= 11 is 0. The molecule has 0 amide bonds. The molecule has 4 heteroatoms. The highest BCUT2D eigenvalue weighted by Crippen LogP contribution is 2.38. The molecule has 0 atom stereocenters. The van der Waals surface area contributed by atoms with Gasteiger partial charge in [-0.25, -0.2) is 0 Å². The highest BCUT2D eigenvalue weighted by atomic mass is 31.2. The van der Waals surface area contributed by atoms with Gasteiger partial charge in [0.05, 0.1) is 0 Å². The third-order valence-corrected chi connectivity index (χ3v) is 6.23. The summed E-state index contributed by atoms with van der Waals surface area (Å²) in [5.74, 6) is 0. The monoisotopic (exact) mass is 304 g/mol. The van der Waals surface area contributed by atoms with Crippen LogP contribution < -0.4 is 10.6 Å². The van der Waals surface area contributed by atoms with Gasteiger partial charge in [-0.2, -0.15) is 0 Å². The molecular weight excluding hydrogens is 283 g/mol. The van der Waals surface area contributed by atoms with Gasteiger partial charge in [0, 0.05) is 23.8 Å². The highest BCUT2D eigenvalue weighted by Gasteiger charge is 2.20. The van der Waals surface area contributed by atoms with E-state index >= 15 is 0 Å². The first-order valence-electron chi connectivity index (χ1n) is 7.06. The van der Waals surface area contributed by atoms with Crippen LogP contribution in [-0.4, -0.2) is 30.1 Å². The second-order valence-corrected chi connectivity index (χ2v) is 8.09. The van der Waals surface area contributed by atoms with E-state index in [2.05, 4.69) is 0 Å². The smallest absolute Gasteiger partial charge is 0.140 e. The molecule has 0 spiro atoms. The number of hydrogen-bond acceptors (Lipinski definition) is 3. The quantitative estimate of drug-likeness (QED) is 0.799. The molecule has 21 heavy (non-hydrogen) atoms. The zero-order valence-electron chi connectivity index (χ0n) is 12.2. The Hall–Kier alpha value is -1.41. The second-order valence-electron chi connectivity index (χ2n) is 5.20. The van der Waals surface area contributed by atoms with Gasteiger partial charge in [0.2, 0.25) is 0 Å². The Labute approximate surface area is 125 Å². The zero-order chi connectivity index (χ0) is 15.3. The Balaban J connectivity index is 2.25. The normalized spacial score (nSPS) is 11.6. The van der Waals surface area contributed by atoms with Gasteiger partial charge in [0.15, 0.2) is 0 Å². The lowest BCUT2D eigenvalue weighted by Crippen LogP contribution is -2.15. The summed E-state index contributed by atoms with van der Waals surface area (Å²) in [4.78, 5) is 0. The van der Waals surface area contributed by atoms with Crippen LogP contribution in [0.3, 0.4) is 0 Å². The second kappa shape index (κ2) is 7.04. The predicted octanol–water partition coefficient (Wildman–Crippen LogP) is 1.70. The minimum absolute atomic E-state index is 0.120. The van der Waals surface area contributed by atoms with E-state index in [9.17, 15) is 4.57 Å². The molecule has 0 fully saturated rings. The molecule has 0 aliphatic carbocycles. The van der Waals surface area contributed by atoms with Gasteiger partial charge < -0.3 is 14.8 Å². The molecule has 3 nitrogen and oxygen atoms in total. The highest BCUT2D eigenvalue weighted by molar-refractivity contribution is 7.78. The number of aliphatic hydroxyl groups is 2. The molecule has 112 valence electrons. The first-order chi connectivity index (χ1) is 10.1. The van der Waals surface area contributed by atoms with Crippen molar-refractivity contribution in [1.29, 1.82) is 0 Å². The van der Waals surface area contributed by atoms with Gasteiger partial charge in [0.25, 0.3) is 0 Å². The lowest BCUT2D eigenvalue weighted by molar-refractivity contribution is 0.299. The van der Waals surface area contributed by atoms with Crippen LogP contribution in [0.25, 0.3) is 0 Å². The molecule has 0 aliphatic rings. The molecule has 2 rings (SSSR count). The van der Waals surface area contributed by atoms with Gasteiger partial charge in [-0.1, -0.05) is 48.5 Å². The first-order valence-corrected chi connectivity index (χ1v) is 9.21. The molecule has 0 heterocycles. The number of rotatable bonds is 6. The number of aliphatic hydroxyl groups excluding tert-OH is 2. The fourth-order valence-corrected chi connectivity index (χ4v) is 4.04. The molecule has 0 saturated carbocycles. The average Bonchev–Trinajstić information content (AvgIpc) is 2.49. The molecule has 0 saturated heterocycles. The Kier molecular flexibility index (Phi) is 5.35. The van der Waals surface area contributed by atoms with E-state index < -0.39 is 7.14 Å². The third kappa shape index (κ3) is 3.82. The summed E-state index contributed by atoms with van der Waals surface area (Å²) in [5.41, 5.74) is 2.08. The van der Waals surface area contributed by atoms with Gasteiger partial charge in [0.1, 0.15) is 7.14 Å². The van der Waals surface area contributed by atoms with Crippen molar-refractivity contribution in [3.63, 3.8) is 0 Å². The fraction of sp³-hybridized carbons (Fsp3) is 0.294. The maximum atomic E-state index is 13.1. The van der Waals surface area contributed by atoms with Crippen molar-refractivity contribution < 1.29 is 14.8 Å². The molecule has 0 radical (unpaired) electrons. The minimum atomic E-state index is -2.60. The Bertz CT molecular complexity index is 564. The van der Waals surface area contributed by atoms with Gasteiger partial charge in [-0.15, -0.1) is 0 Å². The van der Waals surface area contributed by atoms with Gasteiger partial charge in [-0.3, -0.25) is 0 Å². The molecule has 0 aliphatic heterocycles. The zero-order valence-corrected chi connectivity index (χ0v) is 13.1. The van der Waals surface area contributed by atoms with Crippen LogP contribution in [-0.2, 0) is 17.4 Å². The molecular formula is C17H21O3P. The average molecular weight is 304 g/mol. The van der Waals surface area contributed by atoms with Crippen molar-refractivity contribution in [2.45, 2.75) is 12.8 Å². The van der Waals surface area contributed by atoms with E-state index in [0.29, 0.717) is 12.8 Å². The summed E-state index contributed by atoms with van der Waals surface area (Å²) in [6.07, 6.45) is 1.23. The standard InChI is InChI=1S/C17H21O3P/c1-21(20,16-6-2-14(3-7-16)10-12-18)17-8-4-15(5-9-17)11-13-19/h2-9,18-19H,10-13H2,1H3.